The van der Waals surface area contributed by atoms with E-state index in [1.54, 1.807) is 0 Å². The van der Waals surface area contributed by atoms with Gasteiger partial charge in [-0.05, 0) is 32.6 Å². The van der Waals surface area contributed by atoms with Crippen LogP contribution in [0, 0.1) is 16.7 Å². The average molecular weight is 276 g/mol. The SMILES string of the molecule is COC(=O)[C@]1(C)C[C@]23CCCCC2=C[C@H]1C(=O)[C@@]31CO1. The number of fused-ring (bicyclic) bond motifs is 1. The van der Waals surface area contributed by atoms with Crippen molar-refractivity contribution in [3.05, 3.63) is 11.6 Å². The molecule has 0 unspecified atom stereocenters. The minimum atomic E-state index is -0.718. The molecule has 1 heterocycles. The quantitative estimate of drug-likeness (QED) is 0.418. The highest BCUT2D eigenvalue weighted by Gasteiger charge is 2.77. The van der Waals surface area contributed by atoms with Crippen LogP contribution in [0.5, 0.6) is 0 Å². The minimum absolute atomic E-state index is 0.113. The monoisotopic (exact) mass is 276 g/mol. The number of methoxy groups -OCH3 is 1. The largest absolute Gasteiger partial charge is 0.469 e. The molecular weight excluding hydrogens is 256 g/mol. The second kappa shape index (κ2) is 3.53. The zero-order valence-electron chi connectivity index (χ0n) is 12.0. The van der Waals surface area contributed by atoms with E-state index < -0.39 is 11.0 Å². The number of ether oxygens (including phenoxy) is 2. The number of carbonyl (C=O) groups is 2. The molecule has 0 radical (unpaired) electrons. The van der Waals surface area contributed by atoms with Gasteiger partial charge in [-0.2, -0.15) is 0 Å². The van der Waals surface area contributed by atoms with Crippen molar-refractivity contribution in [2.75, 3.05) is 13.7 Å². The molecule has 4 atom stereocenters. The molecule has 0 N–H and O–H groups in total. The molecule has 108 valence electrons. The highest BCUT2D eigenvalue weighted by molar-refractivity contribution is 6.02. The van der Waals surface area contributed by atoms with Crippen molar-refractivity contribution in [2.45, 2.75) is 44.6 Å². The van der Waals surface area contributed by atoms with Gasteiger partial charge in [-0.3, -0.25) is 9.59 Å². The van der Waals surface area contributed by atoms with Gasteiger partial charge in [0.1, 0.15) is 0 Å². The van der Waals surface area contributed by atoms with E-state index in [4.69, 9.17) is 9.47 Å². The van der Waals surface area contributed by atoms with Crippen molar-refractivity contribution >= 4 is 11.8 Å². The second-order valence-corrected chi connectivity index (χ2v) is 7.02. The number of ketones is 1. The van der Waals surface area contributed by atoms with Crippen LogP contribution < -0.4 is 0 Å². The highest BCUT2D eigenvalue weighted by Crippen LogP contribution is 2.69. The average Bonchev–Trinajstić information content (AvgIpc) is 3.25. The predicted molar refractivity (Wildman–Crippen MR) is 70.9 cm³/mol. The summed E-state index contributed by atoms with van der Waals surface area (Å²) in [6.07, 6.45) is 7.08. The third-order valence-electron chi connectivity index (χ3n) is 6.18. The van der Waals surface area contributed by atoms with Crippen LogP contribution in [0.4, 0.5) is 0 Å². The molecule has 1 saturated heterocycles. The molecule has 4 nitrogen and oxygen atoms in total. The topological polar surface area (TPSA) is 55.9 Å². The van der Waals surface area contributed by atoms with Gasteiger partial charge in [0.15, 0.2) is 11.4 Å². The smallest absolute Gasteiger partial charge is 0.312 e. The summed E-state index contributed by atoms with van der Waals surface area (Å²) in [7, 11) is 1.41. The molecule has 20 heavy (non-hydrogen) atoms. The van der Waals surface area contributed by atoms with E-state index in [1.807, 2.05) is 6.92 Å². The fraction of sp³-hybridized carbons (Fsp3) is 0.750. The maximum atomic E-state index is 12.9. The van der Waals surface area contributed by atoms with Crippen molar-refractivity contribution < 1.29 is 19.1 Å². The molecule has 0 amide bonds. The van der Waals surface area contributed by atoms with Crippen molar-refractivity contribution in [3.8, 4) is 0 Å². The van der Waals surface area contributed by atoms with Crippen LogP contribution in [0.3, 0.4) is 0 Å². The molecule has 0 aromatic heterocycles. The number of carbonyl (C=O) groups excluding carboxylic acids is 2. The molecule has 4 heteroatoms. The van der Waals surface area contributed by atoms with Gasteiger partial charge in [0.2, 0.25) is 0 Å². The second-order valence-electron chi connectivity index (χ2n) is 7.02. The van der Waals surface area contributed by atoms with Crippen molar-refractivity contribution in [1.82, 2.24) is 0 Å². The third kappa shape index (κ3) is 1.14. The van der Waals surface area contributed by atoms with Crippen LogP contribution in [-0.4, -0.2) is 31.1 Å². The van der Waals surface area contributed by atoms with Crippen LogP contribution in [-0.2, 0) is 19.1 Å². The van der Waals surface area contributed by atoms with E-state index in [0.29, 0.717) is 13.0 Å². The highest BCUT2D eigenvalue weighted by atomic mass is 16.6. The number of hydrogen-bond acceptors (Lipinski definition) is 4. The first-order valence-corrected chi connectivity index (χ1v) is 7.48. The van der Waals surface area contributed by atoms with Gasteiger partial charge in [0.25, 0.3) is 0 Å². The Morgan fingerprint density at radius 2 is 2.20 bits per heavy atom. The molecule has 3 fully saturated rings. The molecule has 0 aromatic carbocycles. The zero-order valence-corrected chi connectivity index (χ0v) is 12.0. The van der Waals surface area contributed by atoms with Gasteiger partial charge in [-0.25, -0.2) is 0 Å². The number of hydrogen-bond donors (Lipinski definition) is 0. The van der Waals surface area contributed by atoms with Crippen LogP contribution in [0.25, 0.3) is 0 Å². The number of epoxide rings is 1. The van der Waals surface area contributed by atoms with Gasteiger partial charge in [-0.15, -0.1) is 0 Å². The van der Waals surface area contributed by atoms with Crippen molar-refractivity contribution in [2.24, 2.45) is 16.7 Å². The Hall–Kier alpha value is -1.16. The standard InChI is InChI=1S/C16H20O4/c1-14(13(18)19-2)8-15-6-4-3-5-10(15)7-11(14)12(17)16(15)9-20-16/h7,11H,3-6,8-9H2,1-2H3/t11-,14+,15+,16-/m0/s1. The lowest BCUT2D eigenvalue weighted by Gasteiger charge is -2.58. The molecule has 2 spiro atoms. The van der Waals surface area contributed by atoms with Crippen LogP contribution in [0.2, 0.25) is 0 Å². The van der Waals surface area contributed by atoms with Gasteiger partial charge >= 0.3 is 5.97 Å². The Balaban J connectivity index is 1.89. The Labute approximate surface area is 118 Å². The maximum Gasteiger partial charge on any atom is 0.312 e. The lowest BCUT2D eigenvalue weighted by molar-refractivity contribution is -0.171. The number of esters is 1. The van der Waals surface area contributed by atoms with E-state index in [1.165, 1.54) is 19.1 Å². The van der Waals surface area contributed by atoms with Gasteiger partial charge in [0.05, 0.1) is 25.0 Å². The Morgan fingerprint density at radius 1 is 1.45 bits per heavy atom. The number of rotatable bonds is 1. The molecule has 1 aliphatic heterocycles. The van der Waals surface area contributed by atoms with E-state index in [0.717, 1.165) is 19.3 Å². The number of allylic oxidation sites excluding steroid dienone is 1. The molecule has 2 saturated carbocycles. The third-order valence-corrected chi connectivity index (χ3v) is 6.18. The lowest BCUT2D eigenvalue weighted by atomic mass is 9.43. The lowest BCUT2D eigenvalue weighted by Crippen LogP contribution is -2.64. The van der Waals surface area contributed by atoms with E-state index in [-0.39, 0.29) is 23.1 Å². The summed E-state index contributed by atoms with van der Waals surface area (Å²) in [5, 5.41) is 0. The first-order chi connectivity index (χ1) is 9.50. The Bertz CT molecular complexity index is 545. The number of Topliss-reactive ketones (excluding diaryl/α,β-unsaturated/α-hetero) is 1. The van der Waals surface area contributed by atoms with Crippen LogP contribution in [0.1, 0.15) is 39.0 Å². The first kappa shape index (κ1) is 12.6. The molecule has 5 rings (SSSR count). The van der Waals surface area contributed by atoms with E-state index in [2.05, 4.69) is 6.08 Å². The molecule has 2 bridgehead atoms. The molecule has 0 aromatic rings. The van der Waals surface area contributed by atoms with Crippen molar-refractivity contribution in [1.29, 1.82) is 0 Å². The normalized spacial score (nSPS) is 48.8. The molecular formula is C16H20O4. The Kier molecular flexibility index (Phi) is 2.22. The van der Waals surface area contributed by atoms with Gasteiger partial charge in [-0.1, -0.05) is 18.1 Å². The van der Waals surface area contributed by atoms with Crippen LogP contribution in [0.15, 0.2) is 11.6 Å². The van der Waals surface area contributed by atoms with E-state index in [9.17, 15) is 9.59 Å². The summed E-state index contributed by atoms with van der Waals surface area (Å²) in [4.78, 5) is 25.2. The minimum Gasteiger partial charge on any atom is -0.469 e. The van der Waals surface area contributed by atoms with Crippen LogP contribution >= 0.6 is 0 Å². The summed E-state index contributed by atoms with van der Waals surface area (Å²) in [6, 6.07) is 0. The fourth-order valence-electron chi connectivity index (χ4n) is 5.09. The summed E-state index contributed by atoms with van der Waals surface area (Å²) in [5.41, 5.74) is -0.188. The first-order valence-electron chi connectivity index (χ1n) is 7.48. The molecule has 5 aliphatic rings. The zero-order chi connectivity index (χ0) is 14.2. The predicted octanol–water partition coefficient (Wildman–Crippen LogP) is 2.02. The van der Waals surface area contributed by atoms with Gasteiger partial charge < -0.3 is 9.47 Å². The molecule has 4 aliphatic carbocycles. The van der Waals surface area contributed by atoms with Gasteiger partial charge in [0, 0.05) is 5.41 Å². The maximum absolute atomic E-state index is 12.9. The summed E-state index contributed by atoms with van der Waals surface area (Å²) in [5.74, 6) is -0.513. The Morgan fingerprint density at radius 3 is 2.85 bits per heavy atom. The summed E-state index contributed by atoms with van der Waals surface area (Å²) >= 11 is 0. The van der Waals surface area contributed by atoms with Crippen molar-refractivity contribution in [3.63, 3.8) is 0 Å². The summed E-state index contributed by atoms with van der Waals surface area (Å²) < 4.78 is 10.7. The fourth-order valence-corrected chi connectivity index (χ4v) is 5.09. The van der Waals surface area contributed by atoms with E-state index >= 15 is 0 Å². The summed E-state index contributed by atoms with van der Waals surface area (Å²) in [6.45, 7) is 2.43.